The molecule has 1 aliphatic heterocycles. The summed E-state index contributed by atoms with van der Waals surface area (Å²) in [5.74, 6) is 0.195. The zero-order chi connectivity index (χ0) is 23.9. The Balaban J connectivity index is 1.43. The van der Waals surface area contributed by atoms with Crippen molar-refractivity contribution in [1.29, 1.82) is 0 Å². The number of aromatic nitrogens is 2. The quantitative estimate of drug-likeness (QED) is 0.426. The van der Waals surface area contributed by atoms with Gasteiger partial charge in [-0.3, -0.25) is 4.79 Å². The van der Waals surface area contributed by atoms with Gasteiger partial charge < -0.3 is 20.3 Å². The van der Waals surface area contributed by atoms with Gasteiger partial charge in [-0.2, -0.15) is 4.98 Å². The lowest BCUT2D eigenvalue weighted by Crippen LogP contribution is -2.36. The Kier molecular flexibility index (Phi) is 7.72. The van der Waals surface area contributed by atoms with Gasteiger partial charge in [0.1, 0.15) is 10.8 Å². The van der Waals surface area contributed by atoms with Crippen LogP contribution in [-0.2, 0) is 22.5 Å². The fraction of sp³-hybridized carbons (Fsp3) is 0.240. The summed E-state index contributed by atoms with van der Waals surface area (Å²) in [5.41, 5.74) is 2.94. The van der Waals surface area contributed by atoms with E-state index in [2.05, 4.69) is 32.1 Å². The van der Waals surface area contributed by atoms with E-state index in [1.54, 1.807) is 6.07 Å². The summed E-state index contributed by atoms with van der Waals surface area (Å²) in [6, 6.07) is 12.7. The van der Waals surface area contributed by atoms with Gasteiger partial charge in [0.15, 0.2) is 11.6 Å². The van der Waals surface area contributed by atoms with Crippen molar-refractivity contribution in [3.05, 3.63) is 83.3 Å². The van der Waals surface area contributed by atoms with Gasteiger partial charge in [0.2, 0.25) is 5.95 Å². The molecule has 0 spiro atoms. The van der Waals surface area contributed by atoms with E-state index in [0.717, 1.165) is 29.9 Å². The van der Waals surface area contributed by atoms with Crippen LogP contribution in [-0.4, -0.2) is 42.1 Å². The first kappa shape index (κ1) is 23.7. The third-order valence-corrected chi connectivity index (χ3v) is 5.65. The Morgan fingerprint density at radius 2 is 2.00 bits per heavy atom. The van der Waals surface area contributed by atoms with Crippen molar-refractivity contribution in [2.24, 2.45) is 0 Å². The van der Waals surface area contributed by atoms with Crippen LogP contribution in [0.15, 0.2) is 61.3 Å². The first-order valence-corrected chi connectivity index (χ1v) is 11.3. The zero-order valence-electron chi connectivity index (χ0n) is 18.6. The van der Waals surface area contributed by atoms with Gasteiger partial charge in [-0.05, 0) is 35.4 Å². The number of nitrogens with zero attached hydrogens (tertiary/aromatic N) is 3. The summed E-state index contributed by atoms with van der Waals surface area (Å²) in [7, 11) is 0. The van der Waals surface area contributed by atoms with E-state index in [0.29, 0.717) is 37.0 Å². The Hall–Kier alpha value is -3.49. The normalized spacial score (nSPS) is 13.4. The number of hydrogen-bond donors (Lipinski definition) is 2. The molecular formula is C25H25ClFN5O2. The number of morpholine rings is 1. The third kappa shape index (κ3) is 6.09. The standard InChI is InChI=1S/C25H25ClFN5O2/c1-2-20(33)13-17-4-3-5-18(12-17)15-28-24-21(26)16-29-25(31-24)30-23-7-6-19(14-22(23)27)32-8-10-34-11-9-32/h2-7,12,14,16H,1,8-11,13,15H2,(H2,28,29,30,31). The van der Waals surface area contributed by atoms with Crippen molar-refractivity contribution < 1.29 is 13.9 Å². The second-order valence-corrected chi connectivity index (χ2v) is 8.21. The molecule has 0 bridgehead atoms. The van der Waals surface area contributed by atoms with Crippen LogP contribution in [0.3, 0.4) is 0 Å². The number of carbonyl (C=O) groups excluding carboxylic acids is 1. The van der Waals surface area contributed by atoms with E-state index in [9.17, 15) is 9.18 Å². The maximum atomic E-state index is 14.7. The number of allylic oxidation sites excluding steroid dienone is 1. The lowest BCUT2D eigenvalue weighted by atomic mass is 10.1. The Morgan fingerprint density at radius 3 is 2.76 bits per heavy atom. The summed E-state index contributed by atoms with van der Waals surface area (Å²) >= 11 is 6.26. The van der Waals surface area contributed by atoms with Crippen LogP contribution in [0.2, 0.25) is 5.02 Å². The van der Waals surface area contributed by atoms with E-state index < -0.39 is 5.82 Å². The van der Waals surface area contributed by atoms with Gasteiger partial charge in [0.25, 0.3) is 0 Å². The largest absolute Gasteiger partial charge is 0.378 e. The highest BCUT2D eigenvalue weighted by Crippen LogP contribution is 2.26. The number of carbonyl (C=O) groups is 1. The molecule has 2 aromatic carbocycles. The van der Waals surface area contributed by atoms with Crippen molar-refractivity contribution in [3.8, 4) is 0 Å². The molecule has 1 aromatic heterocycles. The molecule has 3 aromatic rings. The monoisotopic (exact) mass is 481 g/mol. The van der Waals surface area contributed by atoms with Gasteiger partial charge in [-0.25, -0.2) is 9.37 Å². The SMILES string of the molecule is C=CC(=O)Cc1cccc(CNc2nc(Nc3ccc(N4CCOCC4)cc3F)ncc2Cl)c1. The minimum atomic E-state index is -0.400. The van der Waals surface area contributed by atoms with Gasteiger partial charge in [-0.1, -0.05) is 42.4 Å². The molecule has 176 valence electrons. The predicted molar refractivity (Wildman–Crippen MR) is 132 cm³/mol. The molecule has 2 heterocycles. The molecule has 0 amide bonds. The van der Waals surface area contributed by atoms with Gasteiger partial charge in [0.05, 0.1) is 25.1 Å². The highest BCUT2D eigenvalue weighted by Gasteiger charge is 2.14. The summed E-state index contributed by atoms with van der Waals surface area (Å²) in [5, 5.41) is 6.44. The van der Waals surface area contributed by atoms with Crippen LogP contribution in [0.1, 0.15) is 11.1 Å². The van der Waals surface area contributed by atoms with E-state index >= 15 is 0 Å². The summed E-state index contributed by atoms with van der Waals surface area (Å²) in [6.07, 6.45) is 3.08. The van der Waals surface area contributed by atoms with E-state index in [-0.39, 0.29) is 17.4 Å². The topological polar surface area (TPSA) is 79.4 Å². The van der Waals surface area contributed by atoms with Crippen LogP contribution >= 0.6 is 11.6 Å². The van der Waals surface area contributed by atoms with Crippen molar-refractivity contribution in [1.82, 2.24) is 9.97 Å². The second-order valence-electron chi connectivity index (χ2n) is 7.80. The van der Waals surface area contributed by atoms with Gasteiger partial charge >= 0.3 is 0 Å². The first-order valence-electron chi connectivity index (χ1n) is 10.9. The fourth-order valence-electron chi connectivity index (χ4n) is 3.60. The lowest BCUT2D eigenvalue weighted by Gasteiger charge is -2.29. The molecule has 1 aliphatic rings. The smallest absolute Gasteiger partial charge is 0.229 e. The van der Waals surface area contributed by atoms with E-state index in [1.807, 2.05) is 30.3 Å². The number of benzene rings is 2. The number of anilines is 4. The van der Waals surface area contributed by atoms with Crippen molar-refractivity contribution in [2.45, 2.75) is 13.0 Å². The van der Waals surface area contributed by atoms with Crippen LogP contribution in [0.5, 0.6) is 0 Å². The van der Waals surface area contributed by atoms with Crippen molar-refractivity contribution >= 4 is 40.5 Å². The maximum Gasteiger partial charge on any atom is 0.229 e. The van der Waals surface area contributed by atoms with Crippen LogP contribution < -0.4 is 15.5 Å². The molecular weight excluding hydrogens is 457 g/mol. The van der Waals surface area contributed by atoms with Gasteiger partial charge in [0, 0.05) is 31.7 Å². The number of nitrogens with one attached hydrogen (secondary N) is 2. The molecule has 34 heavy (non-hydrogen) atoms. The molecule has 1 saturated heterocycles. The van der Waals surface area contributed by atoms with E-state index in [4.69, 9.17) is 16.3 Å². The number of rotatable bonds is 9. The molecule has 9 heteroatoms. The summed E-state index contributed by atoms with van der Waals surface area (Å²) in [4.78, 5) is 22.3. The third-order valence-electron chi connectivity index (χ3n) is 5.38. The highest BCUT2D eigenvalue weighted by molar-refractivity contribution is 6.32. The molecule has 0 saturated carbocycles. The van der Waals surface area contributed by atoms with Crippen LogP contribution in [0.4, 0.5) is 27.5 Å². The molecule has 2 N–H and O–H groups in total. The molecule has 4 rings (SSSR count). The Morgan fingerprint density at radius 1 is 1.21 bits per heavy atom. The average Bonchev–Trinajstić information content (AvgIpc) is 2.86. The fourth-order valence-corrected chi connectivity index (χ4v) is 3.76. The van der Waals surface area contributed by atoms with Crippen LogP contribution in [0, 0.1) is 5.82 Å². The Bertz CT molecular complexity index is 1180. The molecule has 7 nitrogen and oxygen atoms in total. The Labute approximate surface area is 202 Å². The maximum absolute atomic E-state index is 14.7. The molecule has 1 fully saturated rings. The minimum Gasteiger partial charge on any atom is -0.378 e. The average molecular weight is 482 g/mol. The molecule has 0 unspecified atom stereocenters. The number of ether oxygens (including phenoxy) is 1. The predicted octanol–water partition coefficient (Wildman–Crippen LogP) is 4.76. The number of hydrogen-bond acceptors (Lipinski definition) is 7. The van der Waals surface area contributed by atoms with Crippen molar-refractivity contribution in [2.75, 3.05) is 41.8 Å². The number of halogens is 2. The number of ketones is 1. The molecule has 0 atom stereocenters. The summed E-state index contributed by atoms with van der Waals surface area (Å²) < 4.78 is 20.1. The van der Waals surface area contributed by atoms with Crippen LogP contribution in [0.25, 0.3) is 0 Å². The lowest BCUT2D eigenvalue weighted by molar-refractivity contribution is -0.114. The highest BCUT2D eigenvalue weighted by atomic mass is 35.5. The zero-order valence-corrected chi connectivity index (χ0v) is 19.3. The molecule has 0 radical (unpaired) electrons. The summed E-state index contributed by atoms with van der Waals surface area (Å²) in [6.45, 7) is 6.67. The first-order chi connectivity index (χ1) is 16.5. The van der Waals surface area contributed by atoms with Crippen molar-refractivity contribution in [3.63, 3.8) is 0 Å². The minimum absolute atomic E-state index is 0.0371. The van der Waals surface area contributed by atoms with E-state index in [1.165, 1.54) is 18.3 Å². The molecule has 0 aliphatic carbocycles. The van der Waals surface area contributed by atoms with Gasteiger partial charge in [-0.15, -0.1) is 0 Å². The second kappa shape index (κ2) is 11.1.